The van der Waals surface area contributed by atoms with Crippen molar-refractivity contribution >= 4 is 5.78 Å². The minimum absolute atomic E-state index is 0.351. The van der Waals surface area contributed by atoms with Crippen LogP contribution in [0.1, 0.15) is 78.6 Å². The van der Waals surface area contributed by atoms with Crippen LogP contribution in [0.5, 0.6) is 0 Å². The molecule has 1 aliphatic rings. The number of Topliss-reactive ketones (excluding diaryl/α,β-unsaturated/α-hetero) is 1. The lowest BCUT2D eigenvalue weighted by atomic mass is 9.85. The average molecular weight is 212 g/mol. The second kappa shape index (κ2) is 10.2. The van der Waals surface area contributed by atoms with E-state index in [1.807, 2.05) is 13.8 Å². The molecule has 0 aromatic carbocycles. The molecule has 1 fully saturated rings. The van der Waals surface area contributed by atoms with E-state index in [1.54, 1.807) is 6.92 Å². The molecule has 0 saturated heterocycles. The van der Waals surface area contributed by atoms with Crippen molar-refractivity contribution in [2.24, 2.45) is 5.92 Å². The molecule has 0 N–H and O–H groups in total. The Morgan fingerprint density at radius 1 is 1.07 bits per heavy atom. The summed E-state index contributed by atoms with van der Waals surface area (Å²) >= 11 is 0. The molecule has 1 rings (SSSR count). The van der Waals surface area contributed by atoms with Crippen LogP contribution in [-0.2, 0) is 4.79 Å². The van der Waals surface area contributed by atoms with E-state index in [1.165, 1.54) is 44.9 Å². The molecule has 90 valence electrons. The van der Waals surface area contributed by atoms with Crippen molar-refractivity contribution in [3.05, 3.63) is 0 Å². The molecule has 0 aromatic rings. The molecule has 1 aliphatic carbocycles. The van der Waals surface area contributed by atoms with Crippen molar-refractivity contribution in [1.82, 2.24) is 0 Å². The highest BCUT2D eigenvalue weighted by Gasteiger charge is 2.12. The zero-order chi connectivity index (χ0) is 11.5. The number of carbonyl (C=O) groups excluding carboxylic acids is 1. The van der Waals surface area contributed by atoms with Gasteiger partial charge in [0.05, 0.1) is 0 Å². The van der Waals surface area contributed by atoms with Crippen molar-refractivity contribution < 1.29 is 4.79 Å². The van der Waals surface area contributed by atoms with E-state index in [2.05, 4.69) is 0 Å². The molecule has 1 heteroatoms. The third-order valence-electron chi connectivity index (χ3n) is 3.12. The number of carbonyl (C=O) groups is 1. The lowest BCUT2D eigenvalue weighted by Gasteiger charge is -2.21. The third-order valence-corrected chi connectivity index (χ3v) is 3.12. The molecule has 0 heterocycles. The molecule has 0 atom stereocenters. The maximum Gasteiger partial charge on any atom is 0.129 e. The minimum Gasteiger partial charge on any atom is -0.300 e. The Bertz CT molecular complexity index is 145. The average Bonchev–Trinajstić information content (AvgIpc) is 2.28. The molecule has 0 aromatic heterocycles. The highest BCUT2D eigenvalue weighted by atomic mass is 16.1. The van der Waals surface area contributed by atoms with Crippen LogP contribution in [0.15, 0.2) is 0 Å². The lowest BCUT2D eigenvalue weighted by molar-refractivity contribution is -0.117. The van der Waals surface area contributed by atoms with Gasteiger partial charge in [0, 0.05) is 6.42 Å². The van der Waals surface area contributed by atoms with Crippen LogP contribution in [0.4, 0.5) is 0 Å². The van der Waals surface area contributed by atoms with Gasteiger partial charge in [-0.3, -0.25) is 0 Å². The topological polar surface area (TPSA) is 17.1 Å². The van der Waals surface area contributed by atoms with Crippen LogP contribution in [0.2, 0.25) is 0 Å². The summed E-state index contributed by atoms with van der Waals surface area (Å²) in [5.41, 5.74) is 0. The van der Waals surface area contributed by atoms with Crippen LogP contribution in [0.25, 0.3) is 0 Å². The fraction of sp³-hybridized carbons (Fsp3) is 0.929. The van der Waals surface area contributed by atoms with Crippen molar-refractivity contribution in [3.8, 4) is 0 Å². The van der Waals surface area contributed by atoms with E-state index in [-0.39, 0.29) is 0 Å². The Morgan fingerprint density at radius 2 is 1.67 bits per heavy atom. The SMILES string of the molecule is CC.CC(=O)CCCCC1CCCCC1. The predicted molar refractivity (Wildman–Crippen MR) is 67.1 cm³/mol. The normalized spacial score (nSPS) is 16.7. The maximum absolute atomic E-state index is 10.7. The van der Waals surface area contributed by atoms with Gasteiger partial charge in [-0.25, -0.2) is 0 Å². The molecule has 0 amide bonds. The fourth-order valence-electron chi connectivity index (χ4n) is 2.28. The molecule has 0 radical (unpaired) electrons. The van der Waals surface area contributed by atoms with Gasteiger partial charge in [-0.1, -0.05) is 58.8 Å². The summed E-state index contributed by atoms with van der Waals surface area (Å²) < 4.78 is 0. The van der Waals surface area contributed by atoms with Crippen LogP contribution >= 0.6 is 0 Å². The van der Waals surface area contributed by atoms with Gasteiger partial charge in [-0.2, -0.15) is 0 Å². The zero-order valence-electron chi connectivity index (χ0n) is 10.8. The van der Waals surface area contributed by atoms with Crippen molar-refractivity contribution in [3.63, 3.8) is 0 Å². The molecular weight excluding hydrogens is 184 g/mol. The first-order valence-electron chi connectivity index (χ1n) is 6.78. The second-order valence-electron chi connectivity index (χ2n) is 4.45. The Balaban J connectivity index is 0.000000921. The molecule has 1 saturated carbocycles. The summed E-state index contributed by atoms with van der Waals surface area (Å²) in [7, 11) is 0. The van der Waals surface area contributed by atoms with Crippen LogP contribution in [0, 0.1) is 5.92 Å². The van der Waals surface area contributed by atoms with Gasteiger partial charge in [-0.05, 0) is 19.3 Å². The lowest BCUT2D eigenvalue weighted by Crippen LogP contribution is -2.06. The van der Waals surface area contributed by atoms with E-state index >= 15 is 0 Å². The Labute approximate surface area is 95.6 Å². The molecule has 0 aliphatic heterocycles. The van der Waals surface area contributed by atoms with Gasteiger partial charge in [0.25, 0.3) is 0 Å². The van der Waals surface area contributed by atoms with E-state index in [9.17, 15) is 4.79 Å². The number of rotatable bonds is 5. The standard InChI is InChI=1S/C12H22O.C2H6/c1-11(13)7-5-6-10-12-8-3-2-4-9-12;1-2/h12H,2-10H2,1H3;1-2H3. The van der Waals surface area contributed by atoms with Crippen LogP contribution in [0.3, 0.4) is 0 Å². The monoisotopic (exact) mass is 212 g/mol. The summed E-state index contributed by atoms with van der Waals surface area (Å²) in [6.45, 7) is 5.70. The quantitative estimate of drug-likeness (QED) is 0.601. The van der Waals surface area contributed by atoms with E-state index in [4.69, 9.17) is 0 Å². The summed E-state index contributed by atoms with van der Waals surface area (Å²) in [5, 5.41) is 0. The largest absolute Gasteiger partial charge is 0.300 e. The molecule has 1 nitrogen and oxygen atoms in total. The van der Waals surface area contributed by atoms with Crippen LogP contribution in [-0.4, -0.2) is 5.78 Å². The summed E-state index contributed by atoms with van der Waals surface area (Å²) in [4.78, 5) is 10.7. The van der Waals surface area contributed by atoms with E-state index < -0.39 is 0 Å². The first-order chi connectivity index (χ1) is 7.29. The zero-order valence-corrected chi connectivity index (χ0v) is 10.8. The molecule has 15 heavy (non-hydrogen) atoms. The van der Waals surface area contributed by atoms with Crippen molar-refractivity contribution in [1.29, 1.82) is 0 Å². The van der Waals surface area contributed by atoms with Gasteiger partial charge < -0.3 is 4.79 Å². The Hall–Kier alpha value is -0.330. The predicted octanol–water partition coefficient (Wildman–Crippen LogP) is 4.74. The van der Waals surface area contributed by atoms with Gasteiger partial charge in [0.1, 0.15) is 5.78 Å². The van der Waals surface area contributed by atoms with Gasteiger partial charge >= 0.3 is 0 Å². The maximum atomic E-state index is 10.7. The molecule has 0 unspecified atom stereocenters. The van der Waals surface area contributed by atoms with Crippen molar-refractivity contribution in [2.75, 3.05) is 0 Å². The Kier molecular flexibility index (Phi) is 9.97. The fourth-order valence-corrected chi connectivity index (χ4v) is 2.28. The summed E-state index contributed by atoms with van der Waals surface area (Å²) in [5.74, 6) is 1.34. The number of ketones is 1. The molecule has 0 bridgehead atoms. The Morgan fingerprint density at radius 3 is 2.20 bits per heavy atom. The molecule has 0 spiro atoms. The van der Waals surface area contributed by atoms with Crippen LogP contribution < -0.4 is 0 Å². The first kappa shape index (κ1) is 14.7. The highest BCUT2D eigenvalue weighted by molar-refractivity contribution is 5.75. The number of hydrogen-bond donors (Lipinski definition) is 0. The number of hydrogen-bond acceptors (Lipinski definition) is 1. The van der Waals surface area contributed by atoms with E-state index in [0.717, 1.165) is 18.8 Å². The summed E-state index contributed by atoms with van der Waals surface area (Å²) in [6.07, 6.45) is 11.8. The smallest absolute Gasteiger partial charge is 0.129 e. The summed E-state index contributed by atoms with van der Waals surface area (Å²) in [6, 6.07) is 0. The second-order valence-corrected chi connectivity index (χ2v) is 4.45. The van der Waals surface area contributed by atoms with Gasteiger partial charge in [0.2, 0.25) is 0 Å². The molecular formula is C14H28O. The van der Waals surface area contributed by atoms with E-state index in [0.29, 0.717) is 5.78 Å². The first-order valence-corrected chi connectivity index (χ1v) is 6.78. The minimum atomic E-state index is 0.351. The number of unbranched alkanes of at least 4 members (excludes halogenated alkanes) is 1. The third kappa shape index (κ3) is 8.65. The van der Waals surface area contributed by atoms with Gasteiger partial charge in [0.15, 0.2) is 0 Å². The highest BCUT2D eigenvalue weighted by Crippen LogP contribution is 2.27. The van der Waals surface area contributed by atoms with Crippen molar-refractivity contribution in [2.45, 2.75) is 78.6 Å². The van der Waals surface area contributed by atoms with Gasteiger partial charge in [-0.15, -0.1) is 0 Å².